The number of hydrogen-bond donors (Lipinski definition) is 0. The zero-order valence-corrected chi connectivity index (χ0v) is 16.6. The van der Waals surface area contributed by atoms with Gasteiger partial charge in [-0.1, -0.05) is 35.9 Å². The lowest BCUT2D eigenvalue weighted by Crippen LogP contribution is -2.42. The minimum absolute atomic E-state index is 0.185. The summed E-state index contributed by atoms with van der Waals surface area (Å²) >= 11 is 5.86. The second-order valence-electron chi connectivity index (χ2n) is 6.91. The topological polar surface area (TPSA) is 76.0 Å². The highest BCUT2D eigenvalue weighted by atomic mass is 35.5. The molecule has 2 aromatic carbocycles. The maximum Gasteiger partial charge on any atom is 0.311 e. The Labute approximate surface area is 168 Å². The second-order valence-corrected chi connectivity index (χ2v) is 8.91. The molecule has 0 amide bonds. The molecular weight excluding hydrogens is 400 g/mol. The average molecular weight is 419 g/mol. The van der Waals surface area contributed by atoms with Crippen molar-refractivity contribution in [1.82, 2.24) is 4.90 Å². The first kappa shape index (κ1) is 19.0. The molecule has 2 aromatic rings. The number of amidine groups is 1. The van der Waals surface area contributed by atoms with Gasteiger partial charge in [-0.15, -0.1) is 4.40 Å². The van der Waals surface area contributed by atoms with E-state index in [1.165, 1.54) is 0 Å². The molecule has 0 N–H and O–H groups in total. The number of carbonyl (C=O) groups excluding carboxylic acids is 1. The lowest BCUT2D eigenvalue weighted by molar-refractivity contribution is -0.151. The molecule has 6 nitrogen and oxygen atoms in total. The molecule has 2 heterocycles. The number of sulfonamides is 1. The van der Waals surface area contributed by atoms with Gasteiger partial charge in [0.25, 0.3) is 10.0 Å². The number of halogens is 1. The highest BCUT2D eigenvalue weighted by Gasteiger charge is 2.35. The van der Waals surface area contributed by atoms with Crippen LogP contribution in [0.1, 0.15) is 24.0 Å². The van der Waals surface area contributed by atoms with E-state index in [4.69, 9.17) is 16.3 Å². The first-order valence-corrected chi connectivity index (χ1v) is 10.9. The van der Waals surface area contributed by atoms with Crippen LogP contribution in [0.15, 0.2) is 57.8 Å². The fourth-order valence-corrected chi connectivity index (χ4v) is 4.89. The minimum atomic E-state index is -3.67. The molecule has 0 radical (unpaired) electrons. The summed E-state index contributed by atoms with van der Waals surface area (Å²) in [5.74, 6) is -0.181. The van der Waals surface area contributed by atoms with Crippen molar-refractivity contribution in [2.75, 3.05) is 13.1 Å². The monoisotopic (exact) mass is 418 g/mol. The molecule has 0 spiro atoms. The van der Waals surface area contributed by atoms with Crippen molar-refractivity contribution in [2.45, 2.75) is 24.3 Å². The number of fused-ring (bicyclic) bond motifs is 1. The van der Waals surface area contributed by atoms with E-state index in [9.17, 15) is 13.2 Å². The van der Waals surface area contributed by atoms with E-state index >= 15 is 0 Å². The van der Waals surface area contributed by atoms with Crippen LogP contribution in [-0.4, -0.2) is 38.2 Å². The van der Waals surface area contributed by atoms with Crippen LogP contribution in [0.25, 0.3) is 0 Å². The van der Waals surface area contributed by atoms with Crippen LogP contribution < -0.4 is 0 Å². The summed E-state index contributed by atoms with van der Waals surface area (Å²) < 4.78 is 34.0. The summed E-state index contributed by atoms with van der Waals surface area (Å²) in [5.41, 5.74) is 1.46. The molecule has 1 saturated heterocycles. The van der Waals surface area contributed by atoms with Gasteiger partial charge >= 0.3 is 5.97 Å². The normalized spacial score (nSPS) is 20.4. The number of likely N-dealkylation sites (tertiary alicyclic amines) is 1. The number of ether oxygens (including phenoxy) is 1. The molecule has 2 aliphatic rings. The third-order valence-electron chi connectivity index (χ3n) is 4.96. The van der Waals surface area contributed by atoms with Crippen molar-refractivity contribution in [3.05, 3.63) is 64.7 Å². The lowest BCUT2D eigenvalue weighted by Gasteiger charge is -2.32. The third-order valence-corrected chi connectivity index (χ3v) is 6.54. The summed E-state index contributed by atoms with van der Waals surface area (Å²) in [6.45, 7) is 1.23. The molecule has 0 bridgehead atoms. The van der Waals surface area contributed by atoms with Crippen molar-refractivity contribution >= 4 is 33.4 Å². The second kappa shape index (κ2) is 7.56. The Kier molecular flexibility index (Phi) is 5.12. The summed E-state index contributed by atoms with van der Waals surface area (Å²) in [6, 6.07) is 13.9. The molecule has 8 heteroatoms. The SMILES string of the molecule is O=C(OCc1ccc(Cl)cc1)[C@H]1CCCN(C2=NS(=O)(=O)c3ccccc32)C1. The van der Waals surface area contributed by atoms with E-state index in [2.05, 4.69) is 4.40 Å². The maximum atomic E-state index is 12.5. The number of nitrogens with zero attached hydrogens (tertiary/aromatic N) is 2. The van der Waals surface area contributed by atoms with Gasteiger partial charge < -0.3 is 9.64 Å². The zero-order chi connectivity index (χ0) is 19.7. The van der Waals surface area contributed by atoms with Gasteiger partial charge in [0.15, 0.2) is 5.84 Å². The standard InChI is InChI=1S/C20H19ClN2O4S/c21-16-9-7-14(8-10-16)13-27-20(24)15-4-3-11-23(12-15)19-17-5-1-2-6-18(17)28(25,26)22-19/h1-2,5-10,15H,3-4,11-13H2/t15-/m0/s1. The first-order chi connectivity index (χ1) is 13.4. The van der Waals surface area contributed by atoms with Crippen LogP contribution in [0.5, 0.6) is 0 Å². The van der Waals surface area contributed by atoms with Crippen molar-refractivity contribution in [2.24, 2.45) is 10.3 Å². The zero-order valence-electron chi connectivity index (χ0n) is 15.0. The Balaban J connectivity index is 1.45. The van der Waals surface area contributed by atoms with Gasteiger partial charge in [0, 0.05) is 23.7 Å². The highest BCUT2D eigenvalue weighted by molar-refractivity contribution is 7.90. The summed E-state index contributed by atoms with van der Waals surface area (Å²) in [6.07, 6.45) is 1.47. The number of benzene rings is 2. The predicted octanol–water partition coefficient (Wildman–Crippen LogP) is 3.24. The Bertz CT molecular complexity index is 1030. The fraction of sp³-hybridized carbons (Fsp3) is 0.300. The van der Waals surface area contributed by atoms with Gasteiger partial charge in [-0.25, -0.2) is 0 Å². The van der Waals surface area contributed by atoms with E-state index < -0.39 is 10.0 Å². The number of carbonyl (C=O) groups is 1. The predicted molar refractivity (Wildman–Crippen MR) is 106 cm³/mol. The van der Waals surface area contributed by atoms with E-state index in [1.807, 2.05) is 17.0 Å². The summed E-state index contributed by atoms with van der Waals surface area (Å²) in [5, 5.41) is 0.630. The van der Waals surface area contributed by atoms with Crippen molar-refractivity contribution < 1.29 is 17.9 Å². The molecule has 4 rings (SSSR count). The lowest BCUT2D eigenvalue weighted by atomic mass is 9.97. The molecule has 0 unspecified atom stereocenters. The first-order valence-electron chi connectivity index (χ1n) is 9.04. The van der Waals surface area contributed by atoms with E-state index in [1.54, 1.807) is 36.4 Å². The number of piperidine rings is 1. The van der Waals surface area contributed by atoms with Gasteiger partial charge in [0.05, 0.1) is 5.92 Å². The smallest absolute Gasteiger partial charge is 0.311 e. The van der Waals surface area contributed by atoms with Gasteiger partial charge in [0.2, 0.25) is 0 Å². The highest BCUT2D eigenvalue weighted by Crippen LogP contribution is 2.30. The third kappa shape index (κ3) is 3.77. The van der Waals surface area contributed by atoms with Crippen LogP contribution in [0.3, 0.4) is 0 Å². The van der Waals surface area contributed by atoms with Gasteiger partial charge in [-0.3, -0.25) is 4.79 Å². The van der Waals surface area contributed by atoms with E-state index in [0.717, 1.165) is 12.0 Å². The quantitative estimate of drug-likeness (QED) is 0.715. The molecule has 0 aliphatic carbocycles. The number of rotatable bonds is 3. The van der Waals surface area contributed by atoms with Crippen LogP contribution in [0.2, 0.25) is 5.02 Å². The molecule has 0 saturated carbocycles. The molecule has 0 aromatic heterocycles. The van der Waals surface area contributed by atoms with Gasteiger partial charge in [0.1, 0.15) is 11.5 Å². The van der Waals surface area contributed by atoms with Crippen molar-refractivity contribution in [1.29, 1.82) is 0 Å². The summed E-state index contributed by atoms with van der Waals surface area (Å²) in [4.78, 5) is 14.6. The number of hydrogen-bond acceptors (Lipinski definition) is 5. The fourth-order valence-electron chi connectivity index (χ4n) is 3.53. The van der Waals surface area contributed by atoms with E-state index in [0.29, 0.717) is 35.9 Å². The van der Waals surface area contributed by atoms with E-state index in [-0.39, 0.29) is 23.4 Å². The number of esters is 1. The minimum Gasteiger partial charge on any atom is -0.461 e. The average Bonchev–Trinajstić information content (AvgIpc) is 2.99. The van der Waals surface area contributed by atoms with Crippen molar-refractivity contribution in [3.8, 4) is 0 Å². The Morgan fingerprint density at radius 2 is 1.93 bits per heavy atom. The molecular formula is C20H19ClN2O4S. The maximum absolute atomic E-state index is 12.5. The van der Waals surface area contributed by atoms with Crippen LogP contribution >= 0.6 is 11.6 Å². The summed E-state index contributed by atoms with van der Waals surface area (Å²) in [7, 11) is -3.67. The molecule has 28 heavy (non-hydrogen) atoms. The van der Waals surface area contributed by atoms with Gasteiger partial charge in [-0.2, -0.15) is 8.42 Å². The van der Waals surface area contributed by atoms with Crippen LogP contribution in [0, 0.1) is 5.92 Å². The van der Waals surface area contributed by atoms with Crippen LogP contribution in [0.4, 0.5) is 0 Å². The Hall–Kier alpha value is -2.38. The molecule has 146 valence electrons. The van der Waals surface area contributed by atoms with Gasteiger partial charge in [-0.05, 0) is 42.7 Å². The Morgan fingerprint density at radius 3 is 2.71 bits per heavy atom. The Morgan fingerprint density at radius 1 is 1.18 bits per heavy atom. The largest absolute Gasteiger partial charge is 0.461 e. The molecule has 2 aliphatic heterocycles. The van der Waals surface area contributed by atoms with Crippen LogP contribution in [-0.2, 0) is 26.2 Å². The molecule has 1 fully saturated rings. The molecule has 1 atom stereocenters. The van der Waals surface area contributed by atoms with Crippen molar-refractivity contribution in [3.63, 3.8) is 0 Å².